The summed E-state index contributed by atoms with van der Waals surface area (Å²) in [6, 6.07) is 4.36. The maximum absolute atomic E-state index is 13.5. The summed E-state index contributed by atoms with van der Waals surface area (Å²) in [7, 11) is 0. The Hall–Kier alpha value is -1.27. The largest absolute Gasteiger partial charge is 0.298 e. The van der Waals surface area contributed by atoms with Crippen molar-refractivity contribution in [2.45, 2.75) is 16.2 Å². The van der Waals surface area contributed by atoms with Crippen molar-refractivity contribution < 1.29 is 9.18 Å². The minimum Gasteiger partial charge on any atom is -0.298 e. The van der Waals surface area contributed by atoms with Gasteiger partial charge < -0.3 is 0 Å². The first kappa shape index (κ1) is 11.2. The molecule has 0 saturated carbocycles. The van der Waals surface area contributed by atoms with Crippen LogP contribution >= 0.6 is 23.1 Å². The number of halogens is 1. The monoisotopic (exact) mass is 254 g/mol. The first-order valence-electron chi connectivity index (χ1n) is 4.42. The molecule has 0 fully saturated rings. The number of rotatable bonds is 3. The highest BCUT2D eigenvalue weighted by Crippen LogP contribution is 2.31. The van der Waals surface area contributed by atoms with Crippen LogP contribution < -0.4 is 0 Å². The molecule has 0 spiro atoms. The van der Waals surface area contributed by atoms with E-state index in [2.05, 4.69) is 10.2 Å². The van der Waals surface area contributed by atoms with Gasteiger partial charge in [0.1, 0.15) is 17.1 Å². The molecule has 3 nitrogen and oxygen atoms in total. The fourth-order valence-electron chi connectivity index (χ4n) is 1.09. The predicted octanol–water partition coefficient (Wildman–Crippen LogP) is 2.95. The number of benzene rings is 1. The van der Waals surface area contributed by atoms with Crippen LogP contribution in [0.15, 0.2) is 27.4 Å². The highest BCUT2D eigenvalue weighted by Gasteiger charge is 2.08. The van der Waals surface area contributed by atoms with Crippen LogP contribution in [-0.4, -0.2) is 16.5 Å². The van der Waals surface area contributed by atoms with E-state index in [9.17, 15) is 9.18 Å². The Morgan fingerprint density at radius 2 is 2.25 bits per heavy atom. The van der Waals surface area contributed by atoms with Gasteiger partial charge in [0.05, 0.1) is 4.90 Å². The molecule has 1 aromatic heterocycles. The van der Waals surface area contributed by atoms with E-state index < -0.39 is 5.82 Å². The van der Waals surface area contributed by atoms with Gasteiger partial charge in [0, 0.05) is 5.56 Å². The fourth-order valence-corrected chi connectivity index (χ4v) is 2.86. The van der Waals surface area contributed by atoms with Crippen molar-refractivity contribution in [3.05, 3.63) is 34.6 Å². The lowest BCUT2D eigenvalue weighted by Crippen LogP contribution is -1.85. The van der Waals surface area contributed by atoms with E-state index in [4.69, 9.17) is 0 Å². The van der Waals surface area contributed by atoms with Gasteiger partial charge in [-0.2, -0.15) is 0 Å². The molecule has 0 N–H and O–H groups in total. The third kappa shape index (κ3) is 2.45. The van der Waals surface area contributed by atoms with Gasteiger partial charge in [-0.1, -0.05) is 29.2 Å². The number of carbonyl (C=O) groups excluding carboxylic acids is 1. The summed E-state index contributed by atoms with van der Waals surface area (Å²) in [5, 5.41) is 8.58. The highest BCUT2D eigenvalue weighted by atomic mass is 32.2. The van der Waals surface area contributed by atoms with E-state index in [0.717, 1.165) is 5.01 Å². The number of nitrogens with zero attached hydrogens (tertiary/aromatic N) is 2. The minimum atomic E-state index is -0.414. The standard InChI is InChI=1S/C10H7FN2OS2/c1-6-12-13-10(15-6)16-9-3-2-7(5-14)4-8(9)11/h2-5H,1H3. The maximum Gasteiger partial charge on any atom is 0.179 e. The molecule has 0 bridgehead atoms. The van der Waals surface area contributed by atoms with Crippen LogP contribution in [0, 0.1) is 12.7 Å². The van der Waals surface area contributed by atoms with Crippen LogP contribution in [0.3, 0.4) is 0 Å². The average molecular weight is 254 g/mol. The van der Waals surface area contributed by atoms with E-state index in [-0.39, 0.29) is 0 Å². The second kappa shape index (κ2) is 4.71. The minimum absolute atomic E-state index is 0.329. The molecule has 0 atom stereocenters. The molecule has 0 amide bonds. The summed E-state index contributed by atoms with van der Waals surface area (Å²) >= 11 is 2.61. The van der Waals surface area contributed by atoms with Crippen molar-refractivity contribution in [3.8, 4) is 0 Å². The zero-order valence-electron chi connectivity index (χ0n) is 8.31. The second-order valence-electron chi connectivity index (χ2n) is 3.00. The highest BCUT2D eigenvalue weighted by molar-refractivity contribution is 8.01. The van der Waals surface area contributed by atoms with Crippen LogP contribution in [0.1, 0.15) is 15.4 Å². The van der Waals surface area contributed by atoms with Crippen molar-refractivity contribution in [3.63, 3.8) is 0 Å². The third-order valence-corrected chi connectivity index (χ3v) is 3.74. The molecule has 0 aliphatic heterocycles. The van der Waals surface area contributed by atoms with E-state index in [0.29, 0.717) is 21.1 Å². The zero-order chi connectivity index (χ0) is 11.5. The van der Waals surface area contributed by atoms with Crippen molar-refractivity contribution in [2.75, 3.05) is 0 Å². The van der Waals surface area contributed by atoms with E-state index >= 15 is 0 Å². The van der Waals surface area contributed by atoms with Crippen molar-refractivity contribution in [1.82, 2.24) is 10.2 Å². The third-order valence-electron chi connectivity index (χ3n) is 1.80. The molecule has 0 unspecified atom stereocenters. The molecule has 2 aromatic rings. The summed E-state index contributed by atoms with van der Waals surface area (Å²) in [4.78, 5) is 10.9. The maximum atomic E-state index is 13.5. The Labute approximate surface area is 99.7 Å². The van der Waals surface area contributed by atoms with Crippen LogP contribution in [0.2, 0.25) is 0 Å². The predicted molar refractivity (Wildman–Crippen MR) is 60.6 cm³/mol. The molecular formula is C10H7FN2OS2. The summed E-state index contributed by atoms with van der Waals surface area (Å²) in [5.74, 6) is -0.414. The number of hydrogen-bond donors (Lipinski definition) is 0. The van der Waals surface area contributed by atoms with E-state index in [1.165, 1.54) is 29.2 Å². The first-order chi connectivity index (χ1) is 7.69. The quantitative estimate of drug-likeness (QED) is 0.790. The van der Waals surface area contributed by atoms with Gasteiger partial charge in [-0.3, -0.25) is 4.79 Å². The summed E-state index contributed by atoms with van der Waals surface area (Å²) in [6.07, 6.45) is 0.618. The Kier molecular flexibility index (Phi) is 3.31. The lowest BCUT2D eigenvalue weighted by atomic mass is 10.2. The van der Waals surface area contributed by atoms with Gasteiger partial charge in [-0.25, -0.2) is 4.39 Å². The molecular weight excluding hydrogens is 247 g/mol. The lowest BCUT2D eigenvalue weighted by molar-refractivity contribution is 0.112. The number of aryl methyl sites for hydroxylation is 1. The average Bonchev–Trinajstić information content (AvgIpc) is 2.67. The van der Waals surface area contributed by atoms with Crippen molar-refractivity contribution >= 4 is 29.4 Å². The fraction of sp³-hybridized carbons (Fsp3) is 0.100. The second-order valence-corrected chi connectivity index (χ2v) is 5.47. The van der Waals surface area contributed by atoms with Crippen LogP contribution in [0.5, 0.6) is 0 Å². The molecule has 82 valence electrons. The summed E-state index contributed by atoms with van der Waals surface area (Å²) < 4.78 is 14.2. The van der Waals surface area contributed by atoms with Crippen molar-refractivity contribution in [1.29, 1.82) is 0 Å². The van der Waals surface area contributed by atoms with Gasteiger partial charge in [-0.15, -0.1) is 10.2 Å². The Morgan fingerprint density at radius 1 is 1.44 bits per heavy atom. The van der Waals surface area contributed by atoms with Crippen LogP contribution in [0.4, 0.5) is 4.39 Å². The summed E-state index contributed by atoms with van der Waals surface area (Å²) in [6.45, 7) is 1.84. The van der Waals surface area contributed by atoms with Gasteiger partial charge in [0.25, 0.3) is 0 Å². The van der Waals surface area contributed by atoms with Gasteiger partial charge in [0.2, 0.25) is 0 Å². The molecule has 0 aliphatic rings. The zero-order valence-corrected chi connectivity index (χ0v) is 9.94. The van der Waals surface area contributed by atoms with E-state index in [1.807, 2.05) is 6.92 Å². The van der Waals surface area contributed by atoms with Gasteiger partial charge in [0.15, 0.2) is 4.34 Å². The lowest BCUT2D eigenvalue weighted by Gasteiger charge is -1.99. The number of hydrogen-bond acceptors (Lipinski definition) is 5. The Balaban J connectivity index is 2.25. The molecule has 1 aromatic carbocycles. The van der Waals surface area contributed by atoms with Gasteiger partial charge >= 0.3 is 0 Å². The van der Waals surface area contributed by atoms with E-state index in [1.54, 1.807) is 12.1 Å². The molecule has 0 saturated heterocycles. The molecule has 6 heteroatoms. The first-order valence-corrected chi connectivity index (χ1v) is 6.05. The van der Waals surface area contributed by atoms with Crippen LogP contribution in [0.25, 0.3) is 0 Å². The number of aromatic nitrogens is 2. The van der Waals surface area contributed by atoms with Crippen molar-refractivity contribution in [2.24, 2.45) is 0 Å². The summed E-state index contributed by atoms with van der Waals surface area (Å²) in [5.41, 5.74) is 0.329. The number of carbonyl (C=O) groups is 1. The molecule has 0 radical (unpaired) electrons. The SMILES string of the molecule is Cc1nnc(Sc2ccc(C=O)cc2F)s1. The smallest absolute Gasteiger partial charge is 0.179 e. The van der Waals surface area contributed by atoms with Crippen LogP contribution in [-0.2, 0) is 0 Å². The normalized spacial score (nSPS) is 10.4. The molecule has 1 heterocycles. The molecule has 16 heavy (non-hydrogen) atoms. The Bertz CT molecular complexity index is 527. The topological polar surface area (TPSA) is 42.9 Å². The molecule has 0 aliphatic carbocycles. The Morgan fingerprint density at radius 3 is 2.81 bits per heavy atom. The molecule has 2 rings (SSSR count). The number of aldehydes is 1. The van der Waals surface area contributed by atoms with Gasteiger partial charge in [-0.05, 0) is 19.1 Å².